The molecule has 0 aromatic carbocycles. The Bertz CT molecular complexity index is 244. The first-order chi connectivity index (χ1) is 8.51. The average Bonchev–Trinajstić information content (AvgIpc) is 2.32. The molecule has 1 saturated heterocycles. The second-order valence-electron chi connectivity index (χ2n) is 7.01. The van der Waals surface area contributed by atoms with E-state index in [0.29, 0.717) is 17.6 Å². The van der Waals surface area contributed by atoms with Gasteiger partial charge in [-0.2, -0.15) is 0 Å². The first-order valence-electron chi connectivity index (χ1n) is 7.90. The second-order valence-corrected chi connectivity index (χ2v) is 7.01. The van der Waals surface area contributed by atoms with Gasteiger partial charge in [-0.05, 0) is 84.7 Å². The maximum absolute atomic E-state index is 5.97. The Balaban J connectivity index is 1.79. The van der Waals surface area contributed by atoms with Gasteiger partial charge in [-0.1, -0.05) is 0 Å². The molecular formula is C16H31NO. The first kappa shape index (κ1) is 14.3. The molecule has 2 heteroatoms. The summed E-state index contributed by atoms with van der Waals surface area (Å²) < 4.78 is 5.97. The van der Waals surface area contributed by atoms with Crippen molar-refractivity contribution < 1.29 is 4.74 Å². The van der Waals surface area contributed by atoms with E-state index in [1.165, 1.54) is 51.6 Å². The van der Waals surface area contributed by atoms with E-state index in [2.05, 4.69) is 32.6 Å². The normalized spacial score (nSPS) is 26.3. The van der Waals surface area contributed by atoms with Crippen LogP contribution in [0.4, 0.5) is 0 Å². The lowest BCUT2D eigenvalue weighted by atomic mass is 9.67. The summed E-state index contributed by atoms with van der Waals surface area (Å²) >= 11 is 0. The van der Waals surface area contributed by atoms with Gasteiger partial charge in [0.25, 0.3) is 0 Å². The number of hydrogen-bond donors (Lipinski definition) is 0. The number of likely N-dealkylation sites (tertiary alicyclic amines) is 1. The van der Waals surface area contributed by atoms with Crippen LogP contribution in [0.25, 0.3) is 0 Å². The van der Waals surface area contributed by atoms with Crippen molar-refractivity contribution in [1.82, 2.24) is 4.90 Å². The average molecular weight is 253 g/mol. The lowest BCUT2D eigenvalue weighted by Gasteiger charge is -2.47. The van der Waals surface area contributed by atoms with E-state index in [1.807, 2.05) is 0 Å². The van der Waals surface area contributed by atoms with E-state index in [-0.39, 0.29) is 0 Å². The standard InChI is InChI=1S/C16H31NO/c1-13(2)17-11-9-16(10-12-17)7-5-15(6-8-16)18-14(3)4/h13-15H,5-12H2,1-4H3. The largest absolute Gasteiger partial charge is 0.376 e. The Morgan fingerprint density at radius 2 is 1.50 bits per heavy atom. The molecule has 0 amide bonds. The van der Waals surface area contributed by atoms with Crippen molar-refractivity contribution in [3.8, 4) is 0 Å². The van der Waals surface area contributed by atoms with Crippen LogP contribution in [0.3, 0.4) is 0 Å². The Hall–Kier alpha value is -0.0800. The second kappa shape index (κ2) is 5.92. The van der Waals surface area contributed by atoms with Gasteiger partial charge in [-0.15, -0.1) is 0 Å². The van der Waals surface area contributed by atoms with Crippen LogP contribution in [0, 0.1) is 5.41 Å². The minimum absolute atomic E-state index is 0.395. The zero-order valence-corrected chi connectivity index (χ0v) is 12.7. The molecule has 0 radical (unpaired) electrons. The summed E-state index contributed by atoms with van der Waals surface area (Å²) in [5, 5.41) is 0. The van der Waals surface area contributed by atoms with Crippen LogP contribution >= 0.6 is 0 Å². The van der Waals surface area contributed by atoms with Gasteiger partial charge in [0.15, 0.2) is 0 Å². The number of rotatable bonds is 3. The lowest BCUT2D eigenvalue weighted by molar-refractivity contribution is -0.0499. The Labute approximate surface area is 113 Å². The molecule has 106 valence electrons. The van der Waals surface area contributed by atoms with E-state index in [0.717, 1.165) is 6.04 Å². The van der Waals surface area contributed by atoms with Gasteiger partial charge in [-0.25, -0.2) is 0 Å². The highest BCUT2D eigenvalue weighted by molar-refractivity contribution is 4.91. The molecule has 2 aliphatic rings. The molecule has 1 aliphatic heterocycles. The molecule has 1 heterocycles. The fourth-order valence-corrected chi connectivity index (χ4v) is 3.74. The smallest absolute Gasteiger partial charge is 0.0579 e. The van der Waals surface area contributed by atoms with Crippen molar-refractivity contribution in [2.24, 2.45) is 5.41 Å². The molecule has 0 bridgehead atoms. The zero-order valence-electron chi connectivity index (χ0n) is 12.7. The highest BCUT2D eigenvalue weighted by Gasteiger charge is 2.38. The minimum atomic E-state index is 0.395. The van der Waals surface area contributed by atoms with Gasteiger partial charge in [0.2, 0.25) is 0 Å². The SMILES string of the molecule is CC(C)OC1CCC2(CC1)CCN(C(C)C)CC2. The molecule has 1 saturated carbocycles. The summed E-state index contributed by atoms with van der Waals surface area (Å²) in [6.07, 6.45) is 9.15. The van der Waals surface area contributed by atoms with Crippen LogP contribution in [0.1, 0.15) is 66.2 Å². The van der Waals surface area contributed by atoms with Gasteiger partial charge >= 0.3 is 0 Å². The van der Waals surface area contributed by atoms with Crippen molar-refractivity contribution in [3.63, 3.8) is 0 Å². The van der Waals surface area contributed by atoms with Gasteiger partial charge in [0, 0.05) is 6.04 Å². The van der Waals surface area contributed by atoms with Crippen molar-refractivity contribution >= 4 is 0 Å². The van der Waals surface area contributed by atoms with Gasteiger partial charge in [0.05, 0.1) is 12.2 Å². The van der Waals surface area contributed by atoms with Crippen molar-refractivity contribution in [2.75, 3.05) is 13.1 Å². The highest BCUT2D eigenvalue weighted by Crippen LogP contribution is 2.45. The summed E-state index contributed by atoms with van der Waals surface area (Å²) in [5.41, 5.74) is 0.669. The monoisotopic (exact) mass is 253 g/mol. The molecule has 0 atom stereocenters. The fourth-order valence-electron chi connectivity index (χ4n) is 3.74. The molecule has 18 heavy (non-hydrogen) atoms. The minimum Gasteiger partial charge on any atom is -0.376 e. The number of piperidine rings is 1. The van der Waals surface area contributed by atoms with Crippen LogP contribution in [0.15, 0.2) is 0 Å². The predicted octanol–water partition coefficient (Wildman–Crippen LogP) is 3.84. The third-order valence-electron chi connectivity index (χ3n) is 5.05. The van der Waals surface area contributed by atoms with Crippen LogP contribution in [0.5, 0.6) is 0 Å². The quantitative estimate of drug-likeness (QED) is 0.757. The van der Waals surface area contributed by atoms with Crippen molar-refractivity contribution in [3.05, 3.63) is 0 Å². The molecule has 1 spiro atoms. The maximum atomic E-state index is 5.97. The lowest BCUT2D eigenvalue weighted by Crippen LogP contribution is -2.45. The Kier molecular flexibility index (Phi) is 4.71. The van der Waals surface area contributed by atoms with Crippen molar-refractivity contribution in [1.29, 1.82) is 0 Å². The van der Waals surface area contributed by atoms with Gasteiger partial charge < -0.3 is 9.64 Å². The summed E-state index contributed by atoms with van der Waals surface area (Å²) in [6, 6.07) is 0.725. The molecule has 2 rings (SSSR count). The molecule has 2 fully saturated rings. The third-order valence-corrected chi connectivity index (χ3v) is 5.05. The number of ether oxygens (including phenoxy) is 1. The van der Waals surface area contributed by atoms with E-state index in [1.54, 1.807) is 0 Å². The molecule has 1 aliphatic carbocycles. The third kappa shape index (κ3) is 3.48. The summed E-state index contributed by atoms with van der Waals surface area (Å²) in [6.45, 7) is 11.6. The highest BCUT2D eigenvalue weighted by atomic mass is 16.5. The van der Waals surface area contributed by atoms with Gasteiger partial charge in [-0.3, -0.25) is 0 Å². The zero-order chi connectivity index (χ0) is 13.2. The predicted molar refractivity (Wildman–Crippen MR) is 76.9 cm³/mol. The molecule has 0 unspecified atom stereocenters. The number of hydrogen-bond acceptors (Lipinski definition) is 2. The summed E-state index contributed by atoms with van der Waals surface area (Å²) in [5.74, 6) is 0. The number of nitrogens with zero attached hydrogens (tertiary/aromatic N) is 1. The first-order valence-corrected chi connectivity index (χ1v) is 7.90. The van der Waals surface area contributed by atoms with Crippen LogP contribution < -0.4 is 0 Å². The molecule has 0 aromatic rings. The van der Waals surface area contributed by atoms with E-state index < -0.39 is 0 Å². The molecule has 0 aromatic heterocycles. The maximum Gasteiger partial charge on any atom is 0.0579 e. The molecule has 2 nitrogen and oxygen atoms in total. The van der Waals surface area contributed by atoms with E-state index in [9.17, 15) is 0 Å². The molecule has 0 N–H and O–H groups in total. The topological polar surface area (TPSA) is 12.5 Å². The van der Waals surface area contributed by atoms with Gasteiger partial charge in [0.1, 0.15) is 0 Å². The summed E-state index contributed by atoms with van der Waals surface area (Å²) in [4.78, 5) is 2.64. The van der Waals surface area contributed by atoms with Crippen LogP contribution in [-0.4, -0.2) is 36.2 Å². The van der Waals surface area contributed by atoms with Crippen LogP contribution in [0.2, 0.25) is 0 Å². The molecular weight excluding hydrogens is 222 g/mol. The Morgan fingerprint density at radius 3 is 1.94 bits per heavy atom. The Morgan fingerprint density at radius 1 is 0.944 bits per heavy atom. The van der Waals surface area contributed by atoms with E-state index >= 15 is 0 Å². The summed E-state index contributed by atoms with van der Waals surface area (Å²) in [7, 11) is 0. The fraction of sp³-hybridized carbons (Fsp3) is 1.00. The van der Waals surface area contributed by atoms with Crippen molar-refractivity contribution in [2.45, 2.75) is 84.5 Å². The van der Waals surface area contributed by atoms with Crippen LogP contribution in [-0.2, 0) is 4.74 Å². The van der Waals surface area contributed by atoms with E-state index in [4.69, 9.17) is 4.74 Å².